The predicted octanol–water partition coefficient (Wildman–Crippen LogP) is 6.49. The molecule has 1 unspecified atom stereocenters. The molecule has 3 aliphatic rings. The van der Waals surface area contributed by atoms with Crippen LogP contribution in [-0.4, -0.2) is 54.7 Å². The molecule has 27 heavy (non-hydrogen) atoms. The van der Waals surface area contributed by atoms with Crippen molar-refractivity contribution in [3.8, 4) is 0 Å². The summed E-state index contributed by atoms with van der Waals surface area (Å²) in [4.78, 5) is -0.476. The molecule has 0 nitrogen and oxygen atoms in total. The van der Waals surface area contributed by atoms with E-state index in [9.17, 15) is 30.7 Å². The number of hydrogen-bond donors (Lipinski definition) is 0. The van der Waals surface area contributed by atoms with Crippen LogP contribution in [0.1, 0.15) is 44.9 Å². The Morgan fingerprint density at radius 2 is 0.963 bits per heavy atom. The molecule has 3 rings (SSSR count). The summed E-state index contributed by atoms with van der Waals surface area (Å²) >= 11 is 3.35. The maximum atomic E-state index is 14.9. The maximum Gasteiger partial charge on any atom is 0.168 e. The van der Waals surface area contributed by atoms with Gasteiger partial charge in [0, 0.05) is 42.1 Å². The van der Waals surface area contributed by atoms with Crippen molar-refractivity contribution >= 4 is 22.6 Å². The molecule has 0 aromatic carbocycles. The van der Waals surface area contributed by atoms with E-state index < -0.39 is 97.9 Å². The second kappa shape index (κ2) is 8.82. The highest BCUT2D eigenvalue weighted by atomic mass is 79.9. The minimum atomic E-state index is -1.94. The van der Waals surface area contributed by atoms with Gasteiger partial charge in [-0.2, -0.15) is 0 Å². The quantitative estimate of drug-likeness (QED) is 0.254. The number of alkyl halides is 8. The van der Waals surface area contributed by atoms with Crippen LogP contribution in [0.4, 0.5) is 30.7 Å². The molecular weight excluding hydrogens is 440 g/mol. The lowest BCUT2D eigenvalue weighted by molar-refractivity contribution is 0.0714. The lowest BCUT2D eigenvalue weighted by Crippen LogP contribution is -2.55. The van der Waals surface area contributed by atoms with Crippen LogP contribution >= 0.6 is 15.9 Å². The highest BCUT2D eigenvalue weighted by molar-refractivity contribution is 9.09. The fraction of sp³-hybridized carbons (Fsp3) is 1.00. The third kappa shape index (κ3) is 4.47. The molecule has 9 heteroatoms. The fourth-order valence-corrected chi connectivity index (χ4v) is 6.59. The van der Waals surface area contributed by atoms with Gasteiger partial charge in [0.1, 0.15) is 37.0 Å². The molecule has 3 saturated carbocycles. The molecule has 0 saturated heterocycles. The molecule has 0 heterocycles. The molecule has 0 aromatic heterocycles. The van der Waals surface area contributed by atoms with Crippen molar-refractivity contribution in [1.29, 1.82) is 0 Å². The first kappa shape index (κ1) is 21.8. The standard InChI is InChI=1S/C18H25BBrF7/c20-10-2-1-3-11(23)16(10)19(17-12(24)4-8(21)5-13(17)25)18-14(26)6-9(22)7-15(18)27/h8-18H,1-7H2/t8?,9?,10-,11-,12-,13-,14-,15-,16?,17?,18?/m1/s1. The van der Waals surface area contributed by atoms with Gasteiger partial charge in [0.25, 0.3) is 0 Å². The van der Waals surface area contributed by atoms with Crippen molar-refractivity contribution in [3.05, 3.63) is 0 Å². The van der Waals surface area contributed by atoms with Gasteiger partial charge in [-0.05, 0) is 25.1 Å². The van der Waals surface area contributed by atoms with Crippen molar-refractivity contribution in [2.24, 2.45) is 0 Å². The highest BCUT2D eigenvalue weighted by Gasteiger charge is 2.58. The average Bonchev–Trinajstić information content (AvgIpc) is 2.52. The van der Waals surface area contributed by atoms with Gasteiger partial charge >= 0.3 is 0 Å². The Morgan fingerprint density at radius 3 is 1.33 bits per heavy atom. The smallest absolute Gasteiger partial charge is 0.168 e. The van der Waals surface area contributed by atoms with Crippen LogP contribution in [0.2, 0.25) is 17.5 Å². The summed E-state index contributed by atoms with van der Waals surface area (Å²) in [5.41, 5.74) is 0. The van der Waals surface area contributed by atoms with Crippen molar-refractivity contribution < 1.29 is 30.7 Å². The van der Waals surface area contributed by atoms with E-state index >= 15 is 0 Å². The molecule has 3 aliphatic carbocycles. The Balaban J connectivity index is 1.98. The molecule has 3 fully saturated rings. The van der Waals surface area contributed by atoms with Crippen LogP contribution in [0.15, 0.2) is 0 Å². The monoisotopic (exact) mass is 464 g/mol. The van der Waals surface area contributed by atoms with Gasteiger partial charge in [0.2, 0.25) is 0 Å². The maximum absolute atomic E-state index is 14.9. The number of halogens is 8. The minimum absolute atomic E-state index is 0.155. The van der Waals surface area contributed by atoms with Gasteiger partial charge in [-0.25, -0.2) is 30.7 Å². The highest BCUT2D eigenvalue weighted by Crippen LogP contribution is 2.54. The van der Waals surface area contributed by atoms with Crippen molar-refractivity contribution in [2.45, 2.75) is 110 Å². The van der Waals surface area contributed by atoms with E-state index in [2.05, 4.69) is 15.9 Å². The van der Waals surface area contributed by atoms with Crippen molar-refractivity contribution in [2.75, 3.05) is 0 Å². The molecule has 0 bridgehead atoms. The average molecular weight is 465 g/mol. The Morgan fingerprint density at radius 1 is 0.556 bits per heavy atom. The zero-order valence-corrected chi connectivity index (χ0v) is 16.5. The van der Waals surface area contributed by atoms with E-state index in [0.717, 1.165) is 0 Å². The van der Waals surface area contributed by atoms with E-state index in [4.69, 9.17) is 0 Å². The molecule has 0 aliphatic heterocycles. The second-order valence-electron chi connectivity index (χ2n) is 8.47. The van der Waals surface area contributed by atoms with E-state index in [-0.39, 0.29) is 6.42 Å². The topological polar surface area (TPSA) is 0 Å². The summed E-state index contributed by atoms with van der Waals surface area (Å²) in [5, 5.41) is 0. The zero-order chi connectivity index (χ0) is 19.9. The molecular formula is C18H25BBrF7. The molecule has 0 radical (unpaired) electrons. The first-order valence-electron chi connectivity index (χ1n) is 9.83. The summed E-state index contributed by atoms with van der Waals surface area (Å²) in [6.45, 7) is -1.28. The van der Waals surface area contributed by atoms with Crippen LogP contribution in [0.3, 0.4) is 0 Å². The van der Waals surface area contributed by atoms with Crippen molar-refractivity contribution in [3.63, 3.8) is 0 Å². The van der Waals surface area contributed by atoms with Crippen LogP contribution < -0.4 is 0 Å². The lowest BCUT2D eigenvalue weighted by Gasteiger charge is -2.48. The number of rotatable bonds is 3. The van der Waals surface area contributed by atoms with Crippen LogP contribution in [0, 0.1) is 0 Å². The number of hydrogen-bond acceptors (Lipinski definition) is 0. The molecule has 0 amide bonds. The first-order chi connectivity index (χ1) is 12.7. The largest absolute Gasteiger partial charge is 0.248 e. The lowest BCUT2D eigenvalue weighted by atomic mass is 9.22. The summed E-state index contributed by atoms with van der Waals surface area (Å²) in [5.74, 6) is -3.93. The third-order valence-electron chi connectivity index (χ3n) is 6.72. The Bertz CT molecular complexity index is 436. The van der Waals surface area contributed by atoms with Gasteiger partial charge in [0.05, 0.1) is 6.17 Å². The van der Waals surface area contributed by atoms with Gasteiger partial charge in [-0.3, -0.25) is 0 Å². The van der Waals surface area contributed by atoms with Gasteiger partial charge in [-0.15, -0.1) is 0 Å². The summed E-state index contributed by atoms with van der Waals surface area (Å²) < 4.78 is 101. The summed E-state index contributed by atoms with van der Waals surface area (Å²) in [6, 6.07) is 0. The SMILES string of the molecule is FC1C[C@@H](F)C(B(C2[C@H](F)CC(F)C[C@H]2F)C2[C@H](F)CCC[C@H]2Br)[C@H](F)C1. The van der Waals surface area contributed by atoms with E-state index in [1.807, 2.05) is 0 Å². The normalized spacial score (nSPS) is 51.8. The van der Waals surface area contributed by atoms with Gasteiger partial charge < -0.3 is 0 Å². The van der Waals surface area contributed by atoms with E-state index in [1.165, 1.54) is 0 Å². The zero-order valence-electron chi connectivity index (χ0n) is 14.9. The van der Waals surface area contributed by atoms with Gasteiger partial charge in [0.15, 0.2) is 6.71 Å². The van der Waals surface area contributed by atoms with Crippen molar-refractivity contribution in [1.82, 2.24) is 0 Å². The van der Waals surface area contributed by atoms with Crippen LogP contribution in [0.5, 0.6) is 0 Å². The molecule has 0 spiro atoms. The molecule has 0 N–H and O–H groups in total. The van der Waals surface area contributed by atoms with Crippen LogP contribution in [-0.2, 0) is 0 Å². The Hall–Kier alpha value is 0.0549. The Kier molecular flexibility index (Phi) is 7.11. The summed E-state index contributed by atoms with van der Waals surface area (Å²) in [6.07, 6.45) is -13.5. The molecule has 156 valence electrons. The van der Waals surface area contributed by atoms with E-state index in [1.54, 1.807) is 0 Å². The Labute approximate surface area is 164 Å². The summed E-state index contributed by atoms with van der Waals surface area (Å²) in [7, 11) is 0. The van der Waals surface area contributed by atoms with Crippen LogP contribution in [0.25, 0.3) is 0 Å². The van der Waals surface area contributed by atoms with Gasteiger partial charge in [-0.1, -0.05) is 15.9 Å². The first-order valence-corrected chi connectivity index (χ1v) is 10.7. The minimum Gasteiger partial charge on any atom is -0.248 e. The third-order valence-corrected chi connectivity index (χ3v) is 7.79. The van der Waals surface area contributed by atoms with E-state index in [0.29, 0.717) is 12.8 Å². The predicted molar refractivity (Wildman–Crippen MR) is 96.3 cm³/mol. The second-order valence-corrected chi connectivity index (χ2v) is 9.65. The fourth-order valence-electron chi connectivity index (χ4n) is 5.59. The molecule has 0 aromatic rings. The molecule has 7 atom stereocenters.